The number of carbonyl (C=O) groups excluding carboxylic acids is 1. The molecule has 0 spiro atoms. The summed E-state index contributed by atoms with van der Waals surface area (Å²) in [6, 6.07) is 11.4. The SMILES string of the molecule is Cc1cccc(-n2nc3c(c2NC(=O)c2cccc([N+](=O)[O-])c2)C[S@@](=O)C3)c1C. The molecule has 1 aliphatic heterocycles. The number of nitro benzene ring substituents is 1. The van der Waals surface area contributed by atoms with Gasteiger partial charge in [0.15, 0.2) is 0 Å². The van der Waals surface area contributed by atoms with Gasteiger partial charge in [-0.2, -0.15) is 5.10 Å². The van der Waals surface area contributed by atoms with E-state index in [-0.39, 0.29) is 11.3 Å². The highest BCUT2D eigenvalue weighted by Crippen LogP contribution is 2.33. The number of aryl methyl sites for hydroxylation is 1. The largest absolute Gasteiger partial charge is 0.306 e. The van der Waals surface area contributed by atoms with Gasteiger partial charge < -0.3 is 5.32 Å². The van der Waals surface area contributed by atoms with Crippen molar-refractivity contribution in [2.24, 2.45) is 0 Å². The zero-order valence-corrected chi connectivity index (χ0v) is 16.7. The second-order valence-corrected chi connectivity index (χ2v) is 8.35. The molecule has 1 atom stereocenters. The van der Waals surface area contributed by atoms with E-state index in [9.17, 15) is 19.1 Å². The molecule has 2 heterocycles. The van der Waals surface area contributed by atoms with Crippen molar-refractivity contribution in [3.63, 3.8) is 0 Å². The fraction of sp³-hybridized carbons (Fsp3) is 0.200. The third-order valence-corrected chi connectivity index (χ3v) is 6.23. The normalized spacial score (nSPS) is 15.2. The van der Waals surface area contributed by atoms with Gasteiger partial charge in [0.25, 0.3) is 11.6 Å². The molecule has 0 bridgehead atoms. The molecule has 1 amide bonds. The van der Waals surface area contributed by atoms with Crippen LogP contribution in [0.4, 0.5) is 11.5 Å². The molecular weight excluding hydrogens is 392 g/mol. The Balaban J connectivity index is 1.78. The minimum atomic E-state index is -1.06. The molecule has 148 valence electrons. The third kappa shape index (κ3) is 3.44. The molecule has 0 unspecified atom stereocenters. The van der Waals surface area contributed by atoms with Crippen LogP contribution in [0.5, 0.6) is 0 Å². The predicted octanol–water partition coefficient (Wildman–Crippen LogP) is 3.41. The molecule has 0 radical (unpaired) electrons. The van der Waals surface area contributed by atoms with E-state index >= 15 is 0 Å². The predicted molar refractivity (Wildman–Crippen MR) is 110 cm³/mol. The Labute approximate surface area is 169 Å². The maximum Gasteiger partial charge on any atom is 0.270 e. The second kappa shape index (κ2) is 7.25. The lowest BCUT2D eigenvalue weighted by molar-refractivity contribution is -0.384. The summed E-state index contributed by atoms with van der Waals surface area (Å²) >= 11 is 0. The molecule has 29 heavy (non-hydrogen) atoms. The van der Waals surface area contributed by atoms with Crippen molar-refractivity contribution >= 4 is 28.2 Å². The third-order valence-electron chi connectivity index (χ3n) is 5.03. The number of aromatic nitrogens is 2. The topological polar surface area (TPSA) is 107 Å². The van der Waals surface area contributed by atoms with Gasteiger partial charge in [-0.25, -0.2) is 4.68 Å². The zero-order valence-electron chi connectivity index (χ0n) is 15.8. The van der Waals surface area contributed by atoms with Gasteiger partial charge in [0, 0.05) is 34.1 Å². The molecule has 2 aromatic carbocycles. The zero-order chi connectivity index (χ0) is 20.7. The Morgan fingerprint density at radius 2 is 1.97 bits per heavy atom. The fourth-order valence-electron chi connectivity index (χ4n) is 3.34. The summed E-state index contributed by atoms with van der Waals surface area (Å²) in [6.07, 6.45) is 0. The molecular formula is C20H18N4O4S. The first-order valence-electron chi connectivity index (χ1n) is 8.93. The van der Waals surface area contributed by atoms with Crippen LogP contribution in [-0.4, -0.2) is 24.8 Å². The molecule has 1 aliphatic rings. The minimum absolute atomic E-state index is 0.160. The van der Waals surface area contributed by atoms with Crippen molar-refractivity contribution in [2.75, 3.05) is 5.32 Å². The lowest BCUT2D eigenvalue weighted by atomic mass is 10.1. The van der Waals surface area contributed by atoms with Crippen molar-refractivity contribution < 1.29 is 13.9 Å². The van der Waals surface area contributed by atoms with E-state index in [0.717, 1.165) is 22.4 Å². The number of hydrogen-bond acceptors (Lipinski definition) is 5. The van der Waals surface area contributed by atoms with E-state index in [1.807, 2.05) is 32.0 Å². The van der Waals surface area contributed by atoms with Crippen LogP contribution < -0.4 is 5.32 Å². The lowest BCUT2D eigenvalue weighted by Crippen LogP contribution is -2.17. The summed E-state index contributed by atoms with van der Waals surface area (Å²) in [5.41, 5.74) is 4.35. The maximum absolute atomic E-state index is 12.9. The quantitative estimate of drug-likeness (QED) is 0.524. The summed E-state index contributed by atoms with van der Waals surface area (Å²) in [7, 11) is -1.06. The Hall–Kier alpha value is -3.33. The van der Waals surface area contributed by atoms with Gasteiger partial charge in [0.1, 0.15) is 5.82 Å². The number of nitro groups is 1. The summed E-state index contributed by atoms with van der Waals surface area (Å²) in [4.78, 5) is 23.3. The van der Waals surface area contributed by atoms with Crippen molar-refractivity contribution in [3.05, 3.63) is 80.5 Å². The first kappa shape index (κ1) is 19.0. The molecule has 0 saturated carbocycles. The number of rotatable bonds is 4. The van der Waals surface area contributed by atoms with Gasteiger partial charge in [0.2, 0.25) is 0 Å². The van der Waals surface area contributed by atoms with Crippen LogP contribution >= 0.6 is 0 Å². The number of amides is 1. The van der Waals surface area contributed by atoms with E-state index in [2.05, 4.69) is 10.4 Å². The summed E-state index contributed by atoms with van der Waals surface area (Å²) in [6.45, 7) is 3.97. The minimum Gasteiger partial charge on any atom is -0.306 e. The van der Waals surface area contributed by atoms with Gasteiger partial charge >= 0.3 is 0 Å². The Kier molecular flexibility index (Phi) is 4.75. The van der Waals surface area contributed by atoms with Crippen molar-refractivity contribution in [1.82, 2.24) is 9.78 Å². The molecule has 9 heteroatoms. The van der Waals surface area contributed by atoms with Crippen LogP contribution in [0.15, 0.2) is 42.5 Å². The highest BCUT2D eigenvalue weighted by atomic mass is 32.2. The van der Waals surface area contributed by atoms with Gasteiger partial charge in [0.05, 0.1) is 27.8 Å². The number of nitrogens with zero attached hydrogens (tertiary/aromatic N) is 3. The fourth-order valence-corrected chi connectivity index (χ4v) is 4.60. The Morgan fingerprint density at radius 1 is 1.21 bits per heavy atom. The van der Waals surface area contributed by atoms with Crippen molar-refractivity contribution in [1.29, 1.82) is 0 Å². The highest BCUT2D eigenvalue weighted by Gasteiger charge is 2.29. The molecule has 0 saturated heterocycles. The van der Waals surface area contributed by atoms with Crippen molar-refractivity contribution in [3.8, 4) is 5.69 Å². The summed E-state index contributed by atoms with van der Waals surface area (Å²) in [5, 5.41) is 18.5. The second-order valence-electron chi connectivity index (χ2n) is 6.89. The number of anilines is 1. The number of non-ortho nitro benzene ring substituents is 1. The van der Waals surface area contributed by atoms with Gasteiger partial charge in [-0.05, 0) is 37.1 Å². The molecule has 4 rings (SSSR count). The average Bonchev–Trinajstić information content (AvgIpc) is 3.21. The monoisotopic (exact) mass is 410 g/mol. The molecule has 0 fully saturated rings. The molecule has 8 nitrogen and oxygen atoms in total. The van der Waals surface area contributed by atoms with Crippen LogP contribution in [0.25, 0.3) is 5.69 Å². The standard InChI is InChI=1S/C20H18N4O4S/c1-12-5-3-8-18(13(12)2)23-19(16-10-29(28)11-17(16)22-23)21-20(25)14-6-4-7-15(9-14)24(26)27/h3-9H,10-11H2,1-2H3,(H,21,25)/t29-/m1/s1. The molecule has 0 aliphatic carbocycles. The first-order valence-corrected chi connectivity index (χ1v) is 10.4. The van der Waals surface area contributed by atoms with E-state index in [0.29, 0.717) is 23.0 Å². The summed E-state index contributed by atoms with van der Waals surface area (Å²) in [5.74, 6) is 0.620. The number of benzene rings is 2. The number of nitrogens with one attached hydrogen (secondary N) is 1. The maximum atomic E-state index is 12.9. The van der Waals surface area contributed by atoms with Gasteiger partial charge in [-0.15, -0.1) is 0 Å². The lowest BCUT2D eigenvalue weighted by Gasteiger charge is -2.14. The van der Waals surface area contributed by atoms with Gasteiger partial charge in [-0.3, -0.25) is 19.1 Å². The molecule has 1 N–H and O–H groups in total. The Bertz CT molecular complexity index is 1190. The number of fused-ring (bicyclic) bond motifs is 1. The molecule has 3 aromatic rings. The molecule has 1 aromatic heterocycles. The van der Waals surface area contributed by atoms with Gasteiger partial charge in [-0.1, -0.05) is 18.2 Å². The number of hydrogen-bond donors (Lipinski definition) is 1. The van der Waals surface area contributed by atoms with E-state index in [1.165, 1.54) is 24.3 Å². The first-order chi connectivity index (χ1) is 13.8. The summed E-state index contributed by atoms with van der Waals surface area (Å²) < 4.78 is 13.7. The smallest absolute Gasteiger partial charge is 0.270 e. The average molecular weight is 410 g/mol. The van der Waals surface area contributed by atoms with Crippen LogP contribution in [-0.2, 0) is 22.3 Å². The van der Waals surface area contributed by atoms with Crippen LogP contribution in [0.3, 0.4) is 0 Å². The van der Waals surface area contributed by atoms with E-state index in [1.54, 1.807) is 4.68 Å². The van der Waals surface area contributed by atoms with E-state index < -0.39 is 21.6 Å². The number of carbonyl (C=O) groups is 1. The van der Waals surface area contributed by atoms with Crippen LogP contribution in [0.2, 0.25) is 0 Å². The highest BCUT2D eigenvalue weighted by molar-refractivity contribution is 7.83. The van der Waals surface area contributed by atoms with Crippen LogP contribution in [0.1, 0.15) is 32.7 Å². The van der Waals surface area contributed by atoms with E-state index in [4.69, 9.17) is 0 Å². The Morgan fingerprint density at radius 3 is 2.72 bits per heavy atom. The van der Waals surface area contributed by atoms with Crippen LogP contribution in [0, 0.1) is 24.0 Å². The van der Waals surface area contributed by atoms with Crippen molar-refractivity contribution in [2.45, 2.75) is 25.4 Å².